The van der Waals surface area contributed by atoms with Crippen LogP contribution in [0, 0.1) is 0 Å². The van der Waals surface area contributed by atoms with Gasteiger partial charge < -0.3 is 4.79 Å². The molecule has 0 aliphatic carbocycles. The summed E-state index contributed by atoms with van der Waals surface area (Å²) >= 11 is 5.83. The molecule has 1 aromatic carbocycles. The lowest BCUT2D eigenvalue weighted by Gasteiger charge is -2.03. The monoisotopic (exact) mass is 231 g/mol. The minimum absolute atomic E-state index is 0.437. The van der Waals surface area contributed by atoms with Crippen molar-refractivity contribution in [3.63, 3.8) is 0 Å². The highest BCUT2D eigenvalue weighted by molar-refractivity contribution is 6.29. The van der Waals surface area contributed by atoms with Crippen LogP contribution in [0.5, 0.6) is 0 Å². The molecule has 0 saturated carbocycles. The van der Waals surface area contributed by atoms with Crippen molar-refractivity contribution >= 4 is 17.9 Å². The second-order valence-corrected chi connectivity index (χ2v) is 3.83. The van der Waals surface area contributed by atoms with E-state index in [-0.39, 0.29) is 0 Å². The largest absolute Gasteiger partial charge is 0.303 e. The van der Waals surface area contributed by atoms with E-state index in [4.69, 9.17) is 11.6 Å². The van der Waals surface area contributed by atoms with Crippen LogP contribution in [0.15, 0.2) is 42.6 Å². The first kappa shape index (κ1) is 10.8. The molecule has 2 aromatic rings. The SMILES string of the molecule is O=CCc1cccc(-c2ccnc(Cl)c2)c1. The van der Waals surface area contributed by atoms with Gasteiger partial charge in [-0.2, -0.15) is 0 Å². The first-order valence-electron chi connectivity index (χ1n) is 4.94. The van der Waals surface area contributed by atoms with E-state index in [9.17, 15) is 4.79 Å². The third-order valence-corrected chi connectivity index (χ3v) is 2.51. The molecule has 1 aromatic heterocycles. The zero-order chi connectivity index (χ0) is 11.4. The average molecular weight is 232 g/mol. The van der Waals surface area contributed by atoms with Crippen molar-refractivity contribution in [1.82, 2.24) is 4.98 Å². The Morgan fingerprint density at radius 2 is 2.00 bits per heavy atom. The van der Waals surface area contributed by atoms with Crippen LogP contribution in [0.1, 0.15) is 5.56 Å². The lowest BCUT2D eigenvalue weighted by atomic mass is 10.0. The fraction of sp³-hybridized carbons (Fsp3) is 0.0769. The van der Waals surface area contributed by atoms with Crippen molar-refractivity contribution in [2.45, 2.75) is 6.42 Å². The van der Waals surface area contributed by atoms with Crippen LogP contribution in [-0.2, 0) is 11.2 Å². The number of carbonyl (C=O) groups is 1. The summed E-state index contributed by atoms with van der Waals surface area (Å²) in [6, 6.07) is 11.5. The van der Waals surface area contributed by atoms with Crippen molar-refractivity contribution in [2.24, 2.45) is 0 Å². The number of halogens is 1. The maximum atomic E-state index is 10.4. The number of hydrogen-bond acceptors (Lipinski definition) is 2. The van der Waals surface area contributed by atoms with Crippen LogP contribution >= 0.6 is 11.6 Å². The average Bonchev–Trinajstić information content (AvgIpc) is 2.30. The summed E-state index contributed by atoms with van der Waals surface area (Å²) in [7, 11) is 0. The highest BCUT2D eigenvalue weighted by Gasteiger charge is 2.00. The highest BCUT2D eigenvalue weighted by atomic mass is 35.5. The lowest BCUT2D eigenvalue weighted by molar-refractivity contribution is -0.107. The van der Waals surface area contributed by atoms with E-state index in [0.717, 1.165) is 23.0 Å². The third-order valence-electron chi connectivity index (χ3n) is 2.31. The van der Waals surface area contributed by atoms with Gasteiger partial charge in [-0.15, -0.1) is 0 Å². The van der Waals surface area contributed by atoms with Gasteiger partial charge in [-0.1, -0.05) is 35.9 Å². The van der Waals surface area contributed by atoms with Crippen LogP contribution in [-0.4, -0.2) is 11.3 Å². The molecule has 0 atom stereocenters. The van der Waals surface area contributed by atoms with Crippen molar-refractivity contribution in [1.29, 1.82) is 0 Å². The van der Waals surface area contributed by atoms with Crippen LogP contribution < -0.4 is 0 Å². The Kier molecular flexibility index (Phi) is 3.32. The quantitative estimate of drug-likeness (QED) is 0.600. The number of rotatable bonds is 3. The summed E-state index contributed by atoms with van der Waals surface area (Å²) in [6.07, 6.45) is 3.01. The zero-order valence-electron chi connectivity index (χ0n) is 8.56. The lowest BCUT2D eigenvalue weighted by Crippen LogP contribution is -1.87. The number of hydrogen-bond donors (Lipinski definition) is 0. The second kappa shape index (κ2) is 4.90. The molecule has 0 saturated heterocycles. The minimum atomic E-state index is 0.437. The van der Waals surface area contributed by atoms with E-state index >= 15 is 0 Å². The maximum Gasteiger partial charge on any atom is 0.129 e. The molecule has 0 fully saturated rings. The fourth-order valence-corrected chi connectivity index (χ4v) is 1.73. The molecule has 0 amide bonds. The van der Waals surface area contributed by atoms with E-state index in [0.29, 0.717) is 11.6 Å². The van der Waals surface area contributed by atoms with Gasteiger partial charge in [0.05, 0.1) is 0 Å². The summed E-state index contributed by atoms with van der Waals surface area (Å²) in [4.78, 5) is 14.4. The number of pyridine rings is 1. The normalized spacial score (nSPS) is 10.1. The van der Waals surface area contributed by atoms with Gasteiger partial charge in [0.2, 0.25) is 0 Å². The van der Waals surface area contributed by atoms with Crippen LogP contribution in [0.25, 0.3) is 11.1 Å². The summed E-state index contributed by atoms with van der Waals surface area (Å²) in [5, 5.41) is 0.471. The van der Waals surface area contributed by atoms with Crippen molar-refractivity contribution in [3.8, 4) is 11.1 Å². The van der Waals surface area contributed by atoms with Gasteiger partial charge in [-0.25, -0.2) is 4.98 Å². The fourth-order valence-electron chi connectivity index (χ4n) is 1.56. The zero-order valence-corrected chi connectivity index (χ0v) is 9.32. The molecule has 80 valence electrons. The molecule has 0 bridgehead atoms. The van der Waals surface area contributed by atoms with Crippen molar-refractivity contribution < 1.29 is 4.79 Å². The van der Waals surface area contributed by atoms with E-state index in [2.05, 4.69) is 4.98 Å². The molecule has 2 nitrogen and oxygen atoms in total. The summed E-state index contributed by atoms with van der Waals surface area (Å²) < 4.78 is 0. The van der Waals surface area contributed by atoms with Crippen molar-refractivity contribution in [2.75, 3.05) is 0 Å². The summed E-state index contributed by atoms with van der Waals surface area (Å²) in [5.74, 6) is 0. The molecule has 1 heterocycles. The Hall–Kier alpha value is -1.67. The minimum Gasteiger partial charge on any atom is -0.303 e. The van der Waals surface area contributed by atoms with Crippen molar-refractivity contribution in [3.05, 3.63) is 53.3 Å². The summed E-state index contributed by atoms with van der Waals surface area (Å²) in [6.45, 7) is 0. The van der Waals surface area contributed by atoms with E-state index < -0.39 is 0 Å². The van der Waals surface area contributed by atoms with Gasteiger partial charge in [0.1, 0.15) is 11.4 Å². The molecule has 0 aliphatic heterocycles. The molecule has 16 heavy (non-hydrogen) atoms. The van der Waals surface area contributed by atoms with Gasteiger partial charge in [-0.3, -0.25) is 0 Å². The number of benzene rings is 1. The number of nitrogens with zero attached hydrogens (tertiary/aromatic N) is 1. The number of aldehydes is 1. The highest BCUT2D eigenvalue weighted by Crippen LogP contribution is 2.22. The Labute approximate surface area is 98.9 Å². The molecule has 0 unspecified atom stereocenters. The molecular formula is C13H10ClNO. The van der Waals surface area contributed by atoms with Gasteiger partial charge in [0.15, 0.2) is 0 Å². The summed E-state index contributed by atoms with van der Waals surface area (Å²) in [5.41, 5.74) is 3.05. The van der Waals surface area contributed by atoms with Gasteiger partial charge in [0.25, 0.3) is 0 Å². The predicted octanol–water partition coefficient (Wildman–Crippen LogP) is 3.14. The smallest absolute Gasteiger partial charge is 0.129 e. The molecule has 0 spiro atoms. The first-order chi connectivity index (χ1) is 7.79. The Bertz CT molecular complexity index is 511. The Morgan fingerprint density at radius 3 is 2.75 bits per heavy atom. The van der Waals surface area contributed by atoms with Gasteiger partial charge in [0, 0.05) is 12.6 Å². The van der Waals surface area contributed by atoms with Crippen LogP contribution in [0.2, 0.25) is 5.15 Å². The van der Waals surface area contributed by atoms with Crippen LogP contribution in [0.3, 0.4) is 0 Å². The van der Waals surface area contributed by atoms with E-state index in [1.807, 2.05) is 36.4 Å². The maximum absolute atomic E-state index is 10.4. The number of carbonyl (C=O) groups excluding carboxylic acids is 1. The Morgan fingerprint density at radius 1 is 1.19 bits per heavy atom. The molecule has 0 radical (unpaired) electrons. The number of aromatic nitrogens is 1. The third kappa shape index (κ3) is 2.47. The van der Waals surface area contributed by atoms with Gasteiger partial charge in [-0.05, 0) is 28.8 Å². The Balaban J connectivity index is 2.40. The molecular weight excluding hydrogens is 222 g/mol. The standard InChI is InChI=1S/C13H10ClNO/c14-13-9-12(4-6-15-13)11-3-1-2-10(8-11)5-7-16/h1-4,6-9H,5H2. The predicted molar refractivity (Wildman–Crippen MR) is 64.5 cm³/mol. The molecule has 0 N–H and O–H groups in total. The molecule has 2 rings (SSSR count). The topological polar surface area (TPSA) is 30.0 Å². The molecule has 3 heteroatoms. The first-order valence-corrected chi connectivity index (χ1v) is 5.32. The van der Waals surface area contributed by atoms with E-state index in [1.165, 1.54) is 0 Å². The second-order valence-electron chi connectivity index (χ2n) is 3.44. The van der Waals surface area contributed by atoms with Gasteiger partial charge >= 0.3 is 0 Å². The van der Waals surface area contributed by atoms with E-state index in [1.54, 1.807) is 6.20 Å². The van der Waals surface area contributed by atoms with Crippen LogP contribution in [0.4, 0.5) is 0 Å². The molecule has 0 aliphatic rings.